The van der Waals surface area contributed by atoms with E-state index in [0.29, 0.717) is 23.5 Å². The van der Waals surface area contributed by atoms with E-state index in [0.717, 1.165) is 25.2 Å². The monoisotopic (exact) mass is 519 g/mol. The van der Waals surface area contributed by atoms with Gasteiger partial charge in [-0.2, -0.15) is 0 Å². The lowest BCUT2D eigenvalue weighted by atomic mass is 10.1. The van der Waals surface area contributed by atoms with Crippen LogP contribution in [0.15, 0.2) is 78.9 Å². The number of likely N-dealkylation sites (tertiary alicyclic amines) is 1. The van der Waals surface area contributed by atoms with Crippen LogP contribution in [0.1, 0.15) is 36.0 Å². The Morgan fingerprint density at radius 3 is 2.38 bits per heavy atom. The van der Waals surface area contributed by atoms with Crippen molar-refractivity contribution < 1.29 is 17.9 Å². The zero-order valence-corrected chi connectivity index (χ0v) is 21.7. The molecule has 0 saturated carbocycles. The predicted octanol–water partition coefficient (Wildman–Crippen LogP) is 4.09. The average molecular weight is 520 g/mol. The van der Waals surface area contributed by atoms with Gasteiger partial charge in [-0.1, -0.05) is 73.2 Å². The standard InChI is InChI=1S/C29H33N3O4S/c33-29(30-19-24-12-9-13-25(18-24)20-31-16-7-2-8-17-31)28-21-32(26-14-5-6-15-27(26)36-28)37(34,35)22-23-10-3-1-4-11-23/h1,3-6,9-15,18,28H,2,7-8,16-17,19-22H2,(H,30,33)/t28-/m0/s1. The molecule has 2 aliphatic rings. The molecular weight excluding hydrogens is 486 g/mol. The number of nitrogens with zero attached hydrogens (tertiary/aromatic N) is 2. The number of piperidine rings is 1. The summed E-state index contributed by atoms with van der Waals surface area (Å²) in [6, 6.07) is 24.3. The molecule has 3 aromatic carbocycles. The predicted molar refractivity (Wildman–Crippen MR) is 145 cm³/mol. The largest absolute Gasteiger partial charge is 0.476 e. The zero-order valence-electron chi connectivity index (χ0n) is 20.9. The molecule has 8 heteroatoms. The first-order valence-corrected chi connectivity index (χ1v) is 14.5. The molecule has 3 aromatic rings. The van der Waals surface area contributed by atoms with Gasteiger partial charge in [-0.3, -0.25) is 14.0 Å². The summed E-state index contributed by atoms with van der Waals surface area (Å²) in [7, 11) is -3.73. The first kappa shape index (κ1) is 25.3. The summed E-state index contributed by atoms with van der Waals surface area (Å²) in [4.78, 5) is 15.6. The van der Waals surface area contributed by atoms with Gasteiger partial charge in [0.05, 0.1) is 18.0 Å². The molecule has 37 heavy (non-hydrogen) atoms. The number of hydrogen-bond donors (Lipinski definition) is 1. The summed E-state index contributed by atoms with van der Waals surface area (Å²) in [6.45, 7) is 3.45. The molecule has 0 aliphatic carbocycles. The molecule has 1 fully saturated rings. The van der Waals surface area contributed by atoms with E-state index in [9.17, 15) is 13.2 Å². The number of sulfonamides is 1. The van der Waals surface area contributed by atoms with Crippen molar-refractivity contribution in [3.63, 3.8) is 0 Å². The van der Waals surface area contributed by atoms with E-state index in [-0.39, 0.29) is 18.2 Å². The summed E-state index contributed by atoms with van der Waals surface area (Å²) < 4.78 is 34.1. The number of para-hydroxylation sites is 2. The number of anilines is 1. The van der Waals surface area contributed by atoms with Crippen LogP contribution in [0.4, 0.5) is 5.69 Å². The first-order valence-electron chi connectivity index (χ1n) is 12.9. The Balaban J connectivity index is 1.26. The van der Waals surface area contributed by atoms with Crippen LogP contribution in [-0.2, 0) is 33.7 Å². The number of amides is 1. The summed E-state index contributed by atoms with van der Waals surface area (Å²) >= 11 is 0. The van der Waals surface area contributed by atoms with Crippen LogP contribution in [0.25, 0.3) is 0 Å². The Bertz CT molecular complexity index is 1320. The van der Waals surface area contributed by atoms with Crippen molar-refractivity contribution in [1.82, 2.24) is 10.2 Å². The molecule has 0 radical (unpaired) electrons. The van der Waals surface area contributed by atoms with Gasteiger partial charge in [0.2, 0.25) is 10.0 Å². The van der Waals surface area contributed by atoms with Crippen molar-refractivity contribution >= 4 is 21.6 Å². The van der Waals surface area contributed by atoms with Gasteiger partial charge in [0, 0.05) is 13.1 Å². The van der Waals surface area contributed by atoms with Crippen LogP contribution in [0.2, 0.25) is 0 Å². The van der Waals surface area contributed by atoms with Crippen LogP contribution < -0.4 is 14.4 Å². The number of carbonyl (C=O) groups excluding carboxylic acids is 1. The molecule has 0 bridgehead atoms. The van der Waals surface area contributed by atoms with E-state index >= 15 is 0 Å². The fraction of sp³-hybridized carbons (Fsp3) is 0.345. The number of ether oxygens (including phenoxy) is 1. The molecule has 2 aliphatic heterocycles. The molecule has 1 N–H and O–H groups in total. The zero-order chi connectivity index (χ0) is 25.7. The van der Waals surface area contributed by atoms with Crippen LogP contribution in [0.5, 0.6) is 5.75 Å². The smallest absolute Gasteiger partial charge is 0.263 e. The van der Waals surface area contributed by atoms with Crippen LogP contribution in [0.3, 0.4) is 0 Å². The lowest BCUT2D eigenvalue weighted by Crippen LogP contribution is -2.50. The molecule has 194 valence electrons. The van der Waals surface area contributed by atoms with E-state index in [2.05, 4.69) is 22.3 Å². The van der Waals surface area contributed by atoms with Crippen molar-refractivity contribution in [3.8, 4) is 5.75 Å². The van der Waals surface area contributed by atoms with Crippen molar-refractivity contribution in [2.24, 2.45) is 0 Å². The highest BCUT2D eigenvalue weighted by Gasteiger charge is 2.36. The van der Waals surface area contributed by atoms with Gasteiger partial charge in [-0.25, -0.2) is 8.42 Å². The lowest BCUT2D eigenvalue weighted by Gasteiger charge is -2.34. The Hall–Kier alpha value is -3.36. The van der Waals surface area contributed by atoms with Crippen molar-refractivity contribution in [2.45, 2.75) is 44.2 Å². The normalized spacial score (nSPS) is 18.1. The number of benzene rings is 3. The van der Waals surface area contributed by atoms with Gasteiger partial charge in [-0.05, 0) is 54.8 Å². The second-order valence-electron chi connectivity index (χ2n) is 9.72. The topological polar surface area (TPSA) is 79.0 Å². The molecule has 5 rings (SSSR count). The number of hydrogen-bond acceptors (Lipinski definition) is 5. The maximum absolute atomic E-state index is 13.4. The van der Waals surface area contributed by atoms with E-state index in [1.807, 2.05) is 30.3 Å². The number of carbonyl (C=O) groups is 1. The van der Waals surface area contributed by atoms with E-state index in [1.54, 1.807) is 36.4 Å². The summed E-state index contributed by atoms with van der Waals surface area (Å²) in [5.74, 6) is -0.106. The highest BCUT2D eigenvalue weighted by Crippen LogP contribution is 2.35. The summed E-state index contributed by atoms with van der Waals surface area (Å²) in [6.07, 6.45) is 2.86. The minimum absolute atomic E-state index is 0.0764. The Morgan fingerprint density at radius 2 is 1.57 bits per heavy atom. The third-order valence-corrected chi connectivity index (χ3v) is 8.58. The molecular formula is C29H33N3O4S. The Kier molecular flexibility index (Phi) is 7.76. The van der Waals surface area contributed by atoms with Gasteiger partial charge < -0.3 is 10.1 Å². The van der Waals surface area contributed by atoms with E-state index in [4.69, 9.17) is 4.74 Å². The minimum Gasteiger partial charge on any atom is -0.476 e. The first-order chi connectivity index (χ1) is 18.0. The van der Waals surface area contributed by atoms with Crippen molar-refractivity contribution in [3.05, 3.63) is 95.6 Å². The highest BCUT2D eigenvalue weighted by molar-refractivity contribution is 7.92. The van der Waals surface area contributed by atoms with Gasteiger partial charge >= 0.3 is 0 Å². The van der Waals surface area contributed by atoms with Gasteiger partial charge in [0.25, 0.3) is 5.91 Å². The Labute approximate surface area is 219 Å². The molecule has 0 spiro atoms. The lowest BCUT2D eigenvalue weighted by molar-refractivity contribution is -0.127. The van der Waals surface area contributed by atoms with Crippen LogP contribution >= 0.6 is 0 Å². The summed E-state index contributed by atoms with van der Waals surface area (Å²) in [5.41, 5.74) is 3.38. The molecule has 0 aromatic heterocycles. The molecule has 1 saturated heterocycles. The van der Waals surface area contributed by atoms with Gasteiger partial charge in [0.1, 0.15) is 5.75 Å². The number of rotatable bonds is 8. The van der Waals surface area contributed by atoms with Gasteiger partial charge in [-0.15, -0.1) is 0 Å². The van der Waals surface area contributed by atoms with Crippen molar-refractivity contribution in [2.75, 3.05) is 23.9 Å². The SMILES string of the molecule is O=C(NCc1cccc(CN2CCCCC2)c1)[C@@H]1CN(S(=O)(=O)Cc2ccccc2)c2ccccc2O1. The fourth-order valence-corrected chi connectivity index (χ4v) is 6.56. The number of fused-ring (bicyclic) bond motifs is 1. The minimum atomic E-state index is -3.73. The van der Waals surface area contributed by atoms with E-state index in [1.165, 1.54) is 29.1 Å². The average Bonchev–Trinajstić information content (AvgIpc) is 2.92. The highest BCUT2D eigenvalue weighted by atomic mass is 32.2. The molecule has 1 atom stereocenters. The maximum Gasteiger partial charge on any atom is 0.263 e. The van der Waals surface area contributed by atoms with Gasteiger partial charge in [0.15, 0.2) is 6.10 Å². The third-order valence-electron chi connectivity index (χ3n) is 6.87. The molecule has 1 amide bonds. The second-order valence-corrected chi connectivity index (χ2v) is 11.6. The third kappa shape index (κ3) is 6.32. The Morgan fingerprint density at radius 1 is 0.865 bits per heavy atom. The number of nitrogens with one attached hydrogen (secondary N) is 1. The second kappa shape index (κ2) is 11.4. The van der Waals surface area contributed by atoms with E-state index < -0.39 is 16.1 Å². The van der Waals surface area contributed by atoms with Crippen LogP contribution in [0, 0.1) is 0 Å². The molecule has 0 unspecified atom stereocenters. The maximum atomic E-state index is 13.4. The quantitative estimate of drug-likeness (QED) is 0.485. The molecule has 7 nitrogen and oxygen atoms in total. The molecule has 2 heterocycles. The summed E-state index contributed by atoms with van der Waals surface area (Å²) in [5, 5.41) is 2.95. The fourth-order valence-electron chi connectivity index (χ4n) is 4.98. The van der Waals surface area contributed by atoms with Crippen molar-refractivity contribution in [1.29, 1.82) is 0 Å². The van der Waals surface area contributed by atoms with Crippen LogP contribution in [-0.4, -0.2) is 45.0 Å².